The molecule has 5 heteroatoms. The van der Waals surface area contributed by atoms with Crippen molar-refractivity contribution in [2.24, 2.45) is 0 Å². The van der Waals surface area contributed by atoms with Crippen molar-refractivity contribution < 1.29 is 23.7 Å². The molecular formula is C30H36O5. The SMILES string of the molecule is CCCOCCCOCCCc1cc(C=O)c(OCc2ccccc2)cc1OCc1ccccc1. The summed E-state index contributed by atoms with van der Waals surface area (Å²) >= 11 is 0. The average Bonchev–Trinajstić information content (AvgIpc) is 2.91. The minimum atomic E-state index is 0.384. The fourth-order valence-electron chi connectivity index (χ4n) is 3.62. The smallest absolute Gasteiger partial charge is 0.153 e. The van der Waals surface area contributed by atoms with Crippen LogP contribution in [0.3, 0.4) is 0 Å². The third-order valence-corrected chi connectivity index (χ3v) is 5.45. The average molecular weight is 477 g/mol. The number of rotatable bonds is 17. The van der Waals surface area contributed by atoms with Crippen LogP contribution in [-0.2, 0) is 29.1 Å². The summed E-state index contributed by atoms with van der Waals surface area (Å²) in [7, 11) is 0. The summed E-state index contributed by atoms with van der Waals surface area (Å²) in [6.07, 6.45) is 4.36. The Morgan fingerprint density at radius 1 is 0.686 bits per heavy atom. The topological polar surface area (TPSA) is 54.0 Å². The van der Waals surface area contributed by atoms with E-state index in [4.69, 9.17) is 18.9 Å². The van der Waals surface area contributed by atoms with E-state index in [9.17, 15) is 4.79 Å². The van der Waals surface area contributed by atoms with Gasteiger partial charge in [0, 0.05) is 32.5 Å². The lowest BCUT2D eigenvalue weighted by Crippen LogP contribution is -2.06. The van der Waals surface area contributed by atoms with E-state index in [0.717, 1.165) is 67.6 Å². The molecule has 0 heterocycles. The van der Waals surface area contributed by atoms with Crippen molar-refractivity contribution in [2.45, 2.75) is 45.8 Å². The zero-order chi connectivity index (χ0) is 24.6. The predicted molar refractivity (Wildman–Crippen MR) is 138 cm³/mol. The Morgan fingerprint density at radius 2 is 1.26 bits per heavy atom. The van der Waals surface area contributed by atoms with Crippen molar-refractivity contribution in [3.05, 3.63) is 95.1 Å². The van der Waals surface area contributed by atoms with E-state index in [1.165, 1.54) is 0 Å². The third-order valence-electron chi connectivity index (χ3n) is 5.45. The normalized spacial score (nSPS) is 10.8. The molecule has 0 aliphatic carbocycles. The lowest BCUT2D eigenvalue weighted by molar-refractivity contribution is 0.0820. The van der Waals surface area contributed by atoms with E-state index < -0.39 is 0 Å². The van der Waals surface area contributed by atoms with Crippen LogP contribution in [0, 0.1) is 0 Å². The molecule has 0 saturated carbocycles. The zero-order valence-corrected chi connectivity index (χ0v) is 20.6. The van der Waals surface area contributed by atoms with Crippen LogP contribution in [0.25, 0.3) is 0 Å². The molecule has 3 aromatic carbocycles. The summed E-state index contributed by atoms with van der Waals surface area (Å²) in [5, 5.41) is 0. The van der Waals surface area contributed by atoms with Gasteiger partial charge in [-0.3, -0.25) is 4.79 Å². The van der Waals surface area contributed by atoms with Crippen molar-refractivity contribution in [3.63, 3.8) is 0 Å². The summed E-state index contributed by atoms with van der Waals surface area (Å²) < 4.78 is 23.4. The van der Waals surface area contributed by atoms with Crippen LogP contribution in [0.1, 0.15) is 53.2 Å². The van der Waals surface area contributed by atoms with Crippen LogP contribution < -0.4 is 9.47 Å². The Balaban J connectivity index is 1.63. The lowest BCUT2D eigenvalue weighted by Gasteiger charge is -2.16. The van der Waals surface area contributed by atoms with Crippen LogP contribution in [0.15, 0.2) is 72.8 Å². The summed E-state index contributed by atoms with van der Waals surface area (Å²) in [4.78, 5) is 11.8. The van der Waals surface area contributed by atoms with Gasteiger partial charge < -0.3 is 18.9 Å². The number of carbonyl (C=O) groups excluding carboxylic acids is 1. The summed E-state index contributed by atoms with van der Waals surface area (Å²) in [5.41, 5.74) is 3.62. The minimum Gasteiger partial charge on any atom is -0.488 e. The van der Waals surface area contributed by atoms with E-state index in [1.54, 1.807) is 0 Å². The van der Waals surface area contributed by atoms with E-state index in [1.807, 2.05) is 72.8 Å². The number of hydrogen-bond acceptors (Lipinski definition) is 5. The van der Waals surface area contributed by atoms with Gasteiger partial charge in [-0.15, -0.1) is 0 Å². The Morgan fingerprint density at radius 3 is 1.86 bits per heavy atom. The van der Waals surface area contributed by atoms with Crippen LogP contribution in [-0.4, -0.2) is 32.7 Å². The molecule has 0 aromatic heterocycles. The largest absolute Gasteiger partial charge is 0.488 e. The fraction of sp³-hybridized carbons (Fsp3) is 0.367. The molecule has 0 bridgehead atoms. The number of ether oxygens (including phenoxy) is 4. The maximum Gasteiger partial charge on any atom is 0.153 e. The number of benzene rings is 3. The van der Waals surface area contributed by atoms with Crippen LogP contribution in [0.5, 0.6) is 11.5 Å². The Labute approximate surface area is 209 Å². The van der Waals surface area contributed by atoms with Crippen molar-refractivity contribution in [2.75, 3.05) is 26.4 Å². The van der Waals surface area contributed by atoms with Gasteiger partial charge in [-0.2, -0.15) is 0 Å². The van der Waals surface area contributed by atoms with Crippen molar-refractivity contribution in [1.29, 1.82) is 0 Å². The van der Waals surface area contributed by atoms with Crippen molar-refractivity contribution in [1.82, 2.24) is 0 Å². The molecule has 0 aliphatic heterocycles. The van der Waals surface area contributed by atoms with E-state index >= 15 is 0 Å². The molecule has 0 saturated heterocycles. The molecule has 0 amide bonds. The first-order chi connectivity index (χ1) is 17.3. The molecule has 186 valence electrons. The highest BCUT2D eigenvalue weighted by Gasteiger charge is 2.13. The molecule has 0 atom stereocenters. The highest BCUT2D eigenvalue weighted by Crippen LogP contribution is 2.31. The molecule has 5 nitrogen and oxygen atoms in total. The second-order valence-electron chi connectivity index (χ2n) is 8.35. The molecule has 3 aromatic rings. The predicted octanol–water partition coefficient (Wildman–Crippen LogP) is 6.42. The van der Waals surface area contributed by atoms with Crippen LogP contribution in [0.4, 0.5) is 0 Å². The quantitative estimate of drug-likeness (QED) is 0.166. The molecule has 0 aliphatic rings. The standard InChI is InChI=1S/C30H36O5/c1-2-16-32-18-10-19-33-17-9-15-27-20-28(22-31)30(35-24-26-13-7-4-8-14-26)21-29(27)34-23-25-11-5-3-6-12-25/h3-8,11-14,20-22H,2,9-10,15-19,23-24H2,1H3. The number of aldehydes is 1. The molecule has 0 radical (unpaired) electrons. The van der Waals surface area contributed by atoms with Gasteiger partial charge in [0.05, 0.1) is 5.56 Å². The summed E-state index contributed by atoms with van der Waals surface area (Å²) in [6, 6.07) is 23.7. The third kappa shape index (κ3) is 9.55. The zero-order valence-electron chi connectivity index (χ0n) is 20.6. The summed E-state index contributed by atoms with van der Waals surface area (Å²) in [5.74, 6) is 1.26. The first-order valence-corrected chi connectivity index (χ1v) is 12.4. The van der Waals surface area contributed by atoms with E-state index in [0.29, 0.717) is 37.7 Å². The van der Waals surface area contributed by atoms with Gasteiger partial charge in [0.15, 0.2) is 6.29 Å². The first kappa shape index (κ1) is 26.5. The second-order valence-corrected chi connectivity index (χ2v) is 8.35. The molecule has 0 unspecified atom stereocenters. The van der Waals surface area contributed by atoms with Gasteiger partial charge in [-0.25, -0.2) is 0 Å². The minimum absolute atomic E-state index is 0.384. The molecule has 35 heavy (non-hydrogen) atoms. The first-order valence-electron chi connectivity index (χ1n) is 12.4. The summed E-state index contributed by atoms with van der Waals surface area (Å²) in [6.45, 7) is 5.80. The Bertz CT molecular complexity index is 988. The van der Waals surface area contributed by atoms with Crippen molar-refractivity contribution >= 4 is 6.29 Å². The lowest BCUT2D eigenvalue weighted by atomic mass is 10.0. The molecule has 0 N–H and O–H groups in total. The number of hydrogen-bond donors (Lipinski definition) is 0. The van der Waals surface area contributed by atoms with Gasteiger partial charge in [0.1, 0.15) is 24.7 Å². The monoisotopic (exact) mass is 476 g/mol. The fourth-order valence-corrected chi connectivity index (χ4v) is 3.62. The number of carbonyl (C=O) groups is 1. The maximum absolute atomic E-state index is 11.8. The molecule has 0 fully saturated rings. The molecular weight excluding hydrogens is 440 g/mol. The van der Waals surface area contributed by atoms with Crippen LogP contribution >= 0.6 is 0 Å². The van der Waals surface area contributed by atoms with Gasteiger partial charge in [0.25, 0.3) is 0 Å². The van der Waals surface area contributed by atoms with E-state index in [-0.39, 0.29) is 0 Å². The Kier molecular flexibility index (Phi) is 11.9. The number of aryl methyl sites for hydroxylation is 1. The van der Waals surface area contributed by atoms with Gasteiger partial charge in [-0.05, 0) is 48.4 Å². The Hall–Kier alpha value is -3.15. The maximum atomic E-state index is 11.8. The van der Waals surface area contributed by atoms with Gasteiger partial charge in [-0.1, -0.05) is 67.6 Å². The second kappa shape index (κ2) is 15.7. The highest BCUT2D eigenvalue weighted by molar-refractivity contribution is 5.80. The van der Waals surface area contributed by atoms with Gasteiger partial charge in [0.2, 0.25) is 0 Å². The highest BCUT2D eigenvalue weighted by atomic mass is 16.5. The van der Waals surface area contributed by atoms with Crippen molar-refractivity contribution in [3.8, 4) is 11.5 Å². The van der Waals surface area contributed by atoms with Crippen LogP contribution in [0.2, 0.25) is 0 Å². The van der Waals surface area contributed by atoms with E-state index in [2.05, 4.69) is 6.92 Å². The molecule has 0 spiro atoms. The molecule has 3 rings (SSSR count). The van der Waals surface area contributed by atoms with Gasteiger partial charge >= 0.3 is 0 Å².